The topological polar surface area (TPSA) is 38.0 Å². The molecule has 2 rings (SSSR count). The Bertz CT molecular complexity index is 494. The Morgan fingerprint density at radius 1 is 1.38 bits per heavy atom. The Morgan fingerprint density at radius 2 is 2.12 bits per heavy atom. The molecule has 0 saturated heterocycles. The van der Waals surface area contributed by atoms with Gasteiger partial charge in [0.05, 0.1) is 18.0 Å². The summed E-state index contributed by atoms with van der Waals surface area (Å²) in [4.78, 5) is 0. The van der Waals surface area contributed by atoms with Gasteiger partial charge in [-0.1, -0.05) is 29.8 Å². The number of hydrogen-bond donors (Lipinski definition) is 1. The minimum Gasteiger partial charge on any atom is -0.390 e. The zero-order valence-corrected chi connectivity index (χ0v) is 9.78. The van der Waals surface area contributed by atoms with Crippen LogP contribution in [0.5, 0.6) is 0 Å². The number of rotatable bonds is 3. The van der Waals surface area contributed by atoms with E-state index in [9.17, 15) is 0 Å². The first-order valence-corrected chi connectivity index (χ1v) is 5.44. The maximum atomic E-state index is 9.07. The number of aromatic nitrogens is 2. The van der Waals surface area contributed by atoms with E-state index in [0.29, 0.717) is 6.42 Å². The Hall–Kier alpha value is -1.32. The molecule has 1 N–H and O–H groups in total. The SMILES string of the molecule is Cn1nc(Cc2ccccc2Cl)cc1CO. The predicted octanol–water partition coefficient (Wildman–Crippen LogP) is 2.16. The number of halogens is 1. The van der Waals surface area contributed by atoms with E-state index in [1.54, 1.807) is 4.68 Å². The number of aliphatic hydroxyl groups excluding tert-OH is 1. The molecule has 0 amide bonds. The smallest absolute Gasteiger partial charge is 0.0849 e. The van der Waals surface area contributed by atoms with Crippen LogP contribution >= 0.6 is 11.6 Å². The summed E-state index contributed by atoms with van der Waals surface area (Å²) in [5.74, 6) is 0. The van der Waals surface area contributed by atoms with Gasteiger partial charge in [-0.2, -0.15) is 5.10 Å². The molecule has 0 radical (unpaired) electrons. The molecule has 3 nitrogen and oxygen atoms in total. The zero-order chi connectivity index (χ0) is 11.5. The first-order valence-electron chi connectivity index (χ1n) is 5.06. The van der Waals surface area contributed by atoms with E-state index in [-0.39, 0.29) is 6.61 Å². The van der Waals surface area contributed by atoms with Gasteiger partial charge in [-0.25, -0.2) is 0 Å². The quantitative estimate of drug-likeness (QED) is 0.887. The molecule has 0 spiro atoms. The van der Waals surface area contributed by atoms with E-state index in [2.05, 4.69) is 5.10 Å². The van der Waals surface area contributed by atoms with E-state index in [0.717, 1.165) is 22.0 Å². The Balaban J connectivity index is 2.24. The summed E-state index contributed by atoms with van der Waals surface area (Å²) in [6, 6.07) is 9.60. The molecule has 0 aliphatic rings. The van der Waals surface area contributed by atoms with Crippen LogP contribution in [0.15, 0.2) is 30.3 Å². The molecule has 0 aliphatic heterocycles. The lowest BCUT2D eigenvalue weighted by Gasteiger charge is -2.00. The summed E-state index contributed by atoms with van der Waals surface area (Å²) < 4.78 is 1.69. The van der Waals surface area contributed by atoms with Crippen molar-refractivity contribution in [3.63, 3.8) is 0 Å². The van der Waals surface area contributed by atoms with Crippen LogP contribution in [0.2, 0.25) is 5.02 Å². The maximum absolute atomic E-state index is 9.07. The molecule has 16 heavy (non-hydrogen) atoms. The molecular formula is C12H13ClN2O. The molecule has 2 aromatic rings. The van der Waals surface area contributed by atoms with Crippen LogP contribution in [0, 0.1) is 0 Å². The Labute approximate surface area is 99.3 Å². The minimum absolute atomic E-state index is 0.00597. The predicted molar refractivity (Wildman–Crippen MR) is 63.4 cm³/mol. The number of nitrogens with zero attached hydrogens (tertiary/aromatic N) is 2. The monoisotopic (exact) mass is 236 g/mol. The summed E-state index contributed by atoms with van der Waals surface area (Å²) >= 11 is 6.07. The molecule has 0 aliphatic carbocycles. The van der Waals surface area contributed by atoms with Crippen molar-refractivity contribution in [2.75, 3.05) is 0 Å². The molecule has 1 aromatic heterocycles. The second kappa shape index (κ2) is 4.68. The zero-order valence-electron chi connectivity index (χ0n) is 9.02. The van der Waals surface area contributed by atoms with E-state index < -0.39 is 0 Å². The number of benzene rings is 1. The first-order chi connectivity index (χ1) is 7.70. The first kappa shape index (κ1) is 11.2. The third-order valence-corrected chi connectivity index (χ3v) is 2.89. The highest BCUT2D eigenvalue weighted by Gasteiger charge is 2.06. The second-order valence-electron chi connectivity index (χ2n) is 3.68. The lowest BCUT2D eigenvalue weighted by Crippen LogP contribution is -1.97. The maximum Gasteiger partial charge on any atom is 0.0849 e. The standard InChI is InChI=1S/C12H13ClN2O/c1-15-11(8-16)7-10(14-15)6-9-4-2-3-5-12(9)13/h2-5,7,16H,6,8H2,1H3. The molecule has 0 bridgehead atoms. The summed E-state index contributed by atoms with van der Waals surface area (Å²) in [5.41, 5.74) is 2.77. The van der Waals surface area contributed by atoms with Gasteiger partial charge in [0, 0.05) is 18.5 Å². The van der Waals surface area contributed by atoms with Gasteiger partial charge in [-0.3, -0.25) is 4.68 Å². The molecule has 0 unspecified atom stereocenters. The normalized spacial score (nSPS) is 10.7. The van der Waals surface area contributed by atoms with Crippen LogP contribution in [-0.4, -0.2) is 14.9 Å². The molecule has 84 valence electrons. The molecule has 0 fully saturated rings. The molecule has 4 heteroatoms. The fourth-order valence-corrected chi connectivity index (χ4v) is 1.85. The molecule has 1 aromatic carbocycles. The highest BCUT2D eigenvalue weighted by atomic mass is 35.5. The van der Waals surface area contributed by atoms with Crippen LogP contribution in [0.1, 0.15) is 17.0 Å². The van der Waals surface area contributed by atoms with E-state index in [1.807, 2.05) is 37.4 Å². The van der Waals surface area contributed by atoms with Gasteiger partial charge >= 0.3 is 0 Å². The summed E-state index contributed by atoms with van der Waals surface area (Å²) in [5, 5.41) is 14.1. The van der Waals surface area contributed by atoms with Gasteiger partial charge in [-0.05, 0) is 17.7 Å². The van der Waals surface area contributed by atoms with Gasteiger partial charge in [0.2, 0.25) is 0 Å². The highest BCUT2D eigenvalue weighted by molar-refractivity contribution is 6.31. The largest absolute Gasteiger partial charge is 0.390 e. The Kier molecular flexibility index (Phi) is 3.27. The minimum atomic E-state index is 0.00597. The number of aryl methyl sites for hydroxylation is 1. The summed E-state index contributed by atoms with van der Waals surface area (Å²) in [6.07, 6.45) is 0.688. The highest BCUT2D eigenvalue weighted by Crippen LogP contribution is 2.18. The average Bonchev–Trinajstić information content (AvgIpc) is 2.62. The van der Waals surface area contributed by atoms with Crippen molar-refractivity contribution < 1.29 is 5.11 Å². The third kappa shape index (κ3) is 2.26. The van der Waals surface area contributed by atoms with Crippen LogP contribution in [0.25, 0.3) is 0 Å². The summed E-state index contributed by atoms with van der Waals surface area (Å²) in [7, 11) is 1.82. The van der Waals surface area contributed by atoms with Crippen LogP contribution < -0.4 is 0 Å². The van der Waals surface area contributed by atoms with Crippen molar-refractivity contribution in [3.8, 4) is 0 Å². The molecule has 1 heterocycles. The fraction of sp³-hybridized carbons (Fsp3) is 0.250. The fourth-order valence-electron chi connectivity index (χ4n) is 1.64. The number of aliphatic hydroxyl groups is 1. The van der Waals surface area contributed by atoms with Gasteiger partial charge in [0.1, 0.15) is 0 Å². The van der Waals surface area contributed by atoms with Gasteiger partial charge in [0.15, 0.2) is 0 Å². The van der Waals surface area contributed by atoms with Crippen LogP contribution in [-0.2, 0) is 20.1 Å². The van der Waals surface area contributed by atoms with Crippen molar-refractivity contribution in [1.82, 2.24) is 9.78 Å². The van der Waals surface area contributed by atoms with Gasteiger partial charge in [0.25, 0.3) is 0 Å². The third-order valence-electron chi connectivity index (χ3n) is 2.52. The lowest BCUT2D eigenvalue weighted by molar-refractivity contribution is 0.270. The number of hydrogen-bond acceptors (Lipinski definition) is 2. The van der Waals surface area contributed by atoms with E-state index >= 15 is 0 Å². The van der Waals surface area contributed by atoms with E-state index in [4.69, 9.17) is 16.7 Å². The van der Waals surface area contributed by atoms with Gasteiger partial charge in [-0.15, -0.1) is 0 Å². The van der Waals surface area contributed by atoms with Gasteiger partial charge < -0.3 is 5.11 Å². The van der Waals surface area contributed by atoms with Crippen molar-refractivity contribution in [2.45, 2.75) is 13.0 Å². The molecular weight excluding hydrogens is 224 g/mol. The van der Waals surface area contributed by atoms with Crippen molar-refractivity contribution in [2.24, 2.45) is 7.05 Å². The Morgan fingerprint density at radius 3 is 2.75 bits per heavy atom. The van der Waals surface area contributed by atoms with Crippen molar-refractivity contribution in [1.29, 1.82) is 0 Å². The van der Waals surface area contributed by atoms with Crippen LogP contribution in [0.4, 0.5) is 0 Å². The lowest BCUT2D eigenvalue weighted by atomic mass is 10.1. The molecule has 0 atom stereocenters. The summed E-state index contributed by atoms with van der Waals surface area (Å²) in [6.45, 7) is 0.00597. The second-order valence-corrected chi connectivity index (χ2v) is 4.08. The average molecular weight is 237 g/mol. The van der Waals surface area contributed by atoms with Crippen LogP contribution in [0.3, 0.4) is 0 Å². The van der Waals surface area contributed by atoms with E-state index in [1.165, 1.54) is 0 Å². The molecule has 0 saturated carbocycles. The van der Waals surface area contributed by atoms with Crippen molar-refractivity contribution in [3.05, 3.63) is 52.3 Å². The van der Waals surface area contributed by atoms with Crippen molar-refractivity contribution >= 4 is 11.6 Å².